The van der Waals surface area contributed by atoms with Gasteiger partial charge in [0.05, 0.1) is 12.6 Å². The highest BCUT2D eigenvalue weighted by Gasteiger charge is 2.21. The average Bonchev–Trinajstić information content (AvgIpc) is 2.83. The zero-order chi connectivity index (χ0) is 11.4. The second-order valence-corrected chi connectivity index (χ2v) is 4.06. The third kappa shape index (κ3) is 2.48. The van der Waals surface area contributed by atoms with Crippen LogP contribution in [0.2, 0.25) is 0 Å². The lowest BCUT2D eigenvalue weighted by Crippen LogP contribution is -2.33. The van der Waals surface area contributed by atoms with Gasteiger partial charge in [0.25, 0.3) is 0 Å². The molecule has 2 rings (SSSR count). The summed E-state index contributed by atoms with van der Waals surface area (Å²) in [6, 6.07) is 0.403. The van der Waals surface area contributed by atoms with E-state index in [2.05, 4.69) is 14.9 Å². The first-order valence-corrected chi connectivity index (χ1v) is 5.63. The summed E-state index contributed by atoms with van der Waals surface area (Å²) in [6.07, 6.45) is 5.57. The molecule has 0 spiro atoms. The van der Waals surface area contributed by atoms with Gasteiger partial charge in [-0.3, -0.25) is 0 Å². The first-order valence-electron chi connectivity index (χ1n) is 5.63. The largest absolute Gasteiger partial charge is 0.379 e. The number of hydrogen-bond donors (Lipinski definition) is 1. The van der Waals surface area contributed by atoms with Crippen molar-refractivity contribution in [2.75, 3.05) is 31.7 Å². The Balaban J connectivity index is 2.02. The Labute approximate surface area is 95.6 Å². The smallest absolute Gasteiger partial charge is 0.225 e. The molecule has 1 aromatic heterocycles. The van der Waals surface area contributed by atoms with Crippen LogP contribution in [0.4, 0.5) is 5.95 Å². The topological polar surface area (TPSA) is 64.3 Å². The fraction of sp³-hybridized carbons (Fsp3) is 0.636. The van der Waals surface area contributed by atoms with Crippen LogP contribution in [0.25, 0.3) is 0 Å². The highest BCUT2D eigenvalue weighted by molar-refractivity contribution is 5.30. The lowest BCUT2D eigenvalue weighted by Gasteiger charge is -2.22. The quantitative estimate of drug-likeness (QED) is 0.788. The van der Waals surface area contributed by atoms with E-state index in [0.717, 1.165) is 37.6 Å². The number of hydrogen-bond acceptors (Lipinski definition) is 5. The highest BCUT2D eigenvalue weighted by Crippen LogP contribution is 2.15. The lowest BCUT2D eigenvalue weighted by atomic mass is 10.2. The van der Waals surface area contributed by atoms with Gasteiger partial charge in [-0.15, -0.1) is 0 Å². The van der Waals surface area contributed by atoms with Gasteiger partial charge in [0.1, 0.15) is 0 Å². The maximum Gasteiger partial charge on any atom is 0.225 e. The van der Waals surface area contributed by atoms with Gasteiger partial charge in [-0.25, -0.2) is 9.97 Å². The average molecular weight is 222 g/mol. The molecule has 0 amide bonds. The molecule has 0 aromatic carbocycles. The molecule has 0 aliphatic carbocycles. The molecule has 88 valence electrons. The maximum absolute atomic E-state index is 5.48. The Morgan fingerprint density at radius 2 is 2.25 bits per heavy atom. The minimum absolute atomic E-state index is 0.403. The van der Waals surface area contributed by atoms with E-state index < -0.39 is 0 Å². The Morgan fingerprint density at radius 3 is 2.81 bits per heavy atom. The number of ether oxygens (including phenoxy) is 1. The molecule has 1 aliphatic heterocycles. The molecule has 1 aromatic rings. The Morgan fingerprint density at radius 1 is 1.50 bits per heavy atom. The van der Waals surface area contributed by atoms with Crippen molar-refractivity contribution >= 4 is 5.95 Å². The molecule has 16 heavy (non-hydrogen) atoms. The van der Waals surface area contributed by atoms with E-state index in [9.17, 15) is 0 Å². The van der Waals surface area contributed by atoms with Crippen LogP contribution >= 0.6 is 0 Å². The summed E-state index contributed by atoms with van der Waals surface area (Å²) >= 11 is 0. The Kier molecular flexibility index (Phi) is 3.69. The van der Waals surface area contributed by atoms with Gasteiger partial charge in [0.2, 0.25) is 5.95 Å². The molecule has 1 saturated heterocycles. The molecule has 0 radical (unpaired) electrons. The summed E-state index contributed by atoms with van der Waals surface area (Å²) in [4.78, 5) is 10.8. The van der Waals surface area contributed by atoms with Crippen molar-refractivity contribution < 1.29 is 4.74 Å². The third-order valence-electron chi connectivity index (χ3n) is 2.89. The van der Waals surface area contributed by atoms with E-state index in [4.69, 9.17) is 10.5 Å². The summed E-state index contributed by atoms with van der Waals surface area (Å²) in [5, 5.41) is 0. The number of nitrogens with zero attached hydrogens (tertiary/aromatic N) is 3. The minimum Gasteiger partial charge on any atom is -0.379 e. The van der Waals surface area contributed by atoms with Crippen molar-refractivity contribution in [1.82, 2.24) is 9.97 Å². The van der Waals surface area contributed by atoms with Crippen LogP contribution in [0, 0.1) is 0 Å². The molecule has 0 bridgehead atoms. The minimum atomic E-state index is 0.403. The SMILES string of the molecule is CN(c1ncc(CCN)cn1)C1CCOC1. The van der Waals surface area contributed by atoms with Gasteiger partial charge in [0, 0.05) is 26.0 Å². The van der Waals surface area contributed by atoms with Crippen molar-refractivity contribution in [3.8, 4) is 0 Å². The fourth-order valence-electron chi connectivity index (χ4n) is 1.82. The molecule has 1 atom stereocenters. The Bertz CT molecular complexity index is 321. The zero-order valence-corrected chi connectivity index (χ0v) is 9.59. The number of anilines is 1. The molecule has 1 aliphatic rings. The number of nitrogens with two attached hydrogens (primary N) is 1. The molecule has 2 N–H and O–H groups in total. The predicted octanol–water partition coefficient (Wildman–Crippen LogP) is 0.203. The van der Waals surface area contributed by atoms with Crippen LogP contribution in [-0.2, 0) is 11.2 Å². The normalized spacial score (nSPS) is 20.0. The van der Waals surface area contributed by atoms with Crippen molar-refractivity contribution in [1.29, 1.82) is 0 Å². The Hall–Kier alpha value is -1.20. The molecule has 1 fully saturated rings. The third-order valence-corrected chi connectivity index (χ3v) is 2.89. The monoisotopic (exact) mass is 222 g/mol. The van der Waals surface area contributed by atoms with Crippen LogP contribution in [0.1, 0.15) is 12.0 Å². The first kappa shape index (κ1) is 11.3. The standard InChI is InChI=1S/C11H18N4O/c1-15(10-3-5-16-8-10)11-13-6-9(2-4-12)7-14-11/h6-7,10H,2-5,8,12H2,1H3. The van der Waals surface area contributed by atoms with Crippen molar-refractivity contribution in [3.05, 3.63) is 18.0 Å². The van der Waals surface area contributed by atoms with Crippen LogP contribution in [-0.4, -0.2) is 42.8 Å². The number of aromatic nitrogens is 2. The van der Waals surface area contributed by atoms with E-state index in [1.54, 1.807) is 0 Å². The van der Waals surface area contributed by atoms with Gasteiger partial charge in [-0.2, -0.15) is 0 Å². The van der Waals surface area contributed by atoms with E-state index in [1.807, 2.05) is 19.4 Å². The first-order chi connectivity index (χ1) is 7.81. The summed E-state index contributed by atoms with van der Waals surface area (Å²) < 4.78 is 5.35. The molecular formula is C11H18N4O. The van der Waals surface area contributed by atoms with E-state index in [-0.39, 0.29) is 0 Å². The fourth-order valence-corrected chi connectivity index (χ4v) is 1.82. The molecule has 5 nitrogen and oxygen atoms in total. The van der Waals surface area contributed by atoms with E-state index >= 15 is 0 Å². The molecule has 2 heterocycles. The van der Waals surface area contributed by atoms with Gasteiger partial charge in [0.15, 0.2) is 0 Å². The van der Waals surface area contributed by atoms with Gasteiger partial charge >= 0.3 is 0 Å². The van der Waals surface area contributed by atoms with E-state index in [0.29, 0.717) is 12.6 Å². The van der Waals surface area contributed by atoms with Crippen molar-refractivity contribution in [2.24, 2.45) is 5.73 Å². The zero-order valence-electron chi connectivity index (χ0n) is 9.59. The molecular weight excluding hydrogens is 204 g/mol. The van der Waals surface area contributed by atoms with Gasteiger partial charge in [-0.05, 0) is 24.9 Å². The second-order valence-electron chi connectivity index (χ2n) is 4.06. The van der Waals surface area contributed by atoms with Crippen LogP contribution in [0.3, 0.4) is 0 Å². The van der Waals surface area contributed by atoms with Crippen LogP contribution in [0.5, 0.6) is 0 Å². The summed E-state index contributed by atoms with van der Waals surface area (Å²) in [5.74, 6) is 0.760. The summed E-state index contributed by atoms with van der Waals surface area (Å²) in [7, 11) is 2.01. The van der Waals surface area contributed by atoms with Gasteiger partial charge < -0.3 is 15.4 Å². The van der Waals surface area contributed by atoms with Gasteiger partial charge in [-0.1, -0.05) is 0 Å². The second kappa shape index (κ2) is 5.23. The molecule has 0 saturated carbocycles. The number of rotatable bonds is 4. The predicted molar refractivity (Wildman–Crippen MR) is 62.4 cm³/mol. The van der Waals surface area contributed by atoms with Crippen molar-refractivity contribution in [3.63, 3.8) is 0 Å². The summed E-state index contributed by atoms with van der Waals surface area (Å²) in [5.41, 5.74) is 6.56. The lowest BCUT2D eigenvalue weighted by molar-refractivity contribution is 0.193. The number of likely N-dealkylation sites (N-methyl/N-ethyl adjacent to an activating group) is 1. The molecule has 5 heteroatoms. The van der Waals surface area contributed by atoms with Crippen LogP contribution in [0.15, 0.2) is 12.4 Å². The maximum atomic E-state index is 5.48. The summed E-state index contributed by atoms with van der Waals surface area (Å²) in [6.45, 7) is 2.24. The molecule has 1 unspecified atom stereocenters. The van der Waals surface area contributed by atoms with Crippen molar-refractivity contribution in [2.45, 2.75) is 18.9 Å². The highest BCUT2D eigenvalue weighted by atomic mass is 16.5. The van der Waals surface area contributed by atoms with Crippen LogP contribution < -0.4 is 10.6 Å². The van der Waals surface area contributed by atoms with E-state index in [1.165, 1.54) is 0 Å².